The van der Waals surface area contributed by atoms with Crippen LogP contribution in [-0.4, -0.2) is 50.5 Å². The zero-order chi connectivity index (χ0) is 18.0. The molecule has 0 aliphatic carbocycles. The van der Waals surface area contributed by atoms with E-state index in [0.717, 1.165) is 11.4 Å². The summed E-state index contributed by atoms with van der Waals surface area (Å²) < 4.78 is 7.59. The second-order valence-corrected chi connectivity index (χ2v) is 6.24. The Kier molecular flexibility index (Phi) is 5.15. The van der Waals surface area contributed by atoms with Gasteiger partial charge in [-0.1, -0.05) is 0 Å². The predicted octanol–water partition coefficient (Wildman–Crippen LogP) is -0.479. The highest BCUT2D eigenvalue weighted by atomic mass is 16.5. The van der Waals surface area contributed by atoms with Crippen LogP contribution in [0.2, 0.25) is 0 Å². The van der Waals surface area contributed by atoms with E-state index in [2.05, 4.69) is 16.5 Å². The van der Waals surface area contributed by atoms with Crippen molar-refractivity contribution in [2.24, 2.45) is 10.7 Å². The summed E-state index contributed by atoms with van der Waals surface area (Å²) in [5.74, 6) is -1.02. The zero-order valence-corrected chi connectivity index (χ0v) is 13.7. The zero-order valence-electron chi connectivity index (χ0n) is 13.7. The summed E-state index contributed by atoms with van der Waals surface area (Å²) in [6.07, 6.45) is 0.990. The highest BCUT2D eigenvalue weighted by Crippen LogP contribution is 2.39. The predicted molar refractivity (Wildman–Crippen MR) is 86.4 cm³/mol. The monoisotopic (exact) mass is 337 g/mol. The second-order valence-electron chi connectivity index (χ2n) is 6.24. The maximum Gasteiger partial charge on any atom is 0.177 e. The van der Waals surface area contributed by atoms with Gasteiger partial charge in [-0.3, -0.25) is 4.68 Å². The third-order valence-electron chi connectivity index (χ3n) is 3.62. The molecular formula is C15H23N5O4. The molecule has 2 atom stereocenters. The number of amidine groups is 1. The van der Waals surface area contributed by atoms with Crippen molar-refractivity contribution < 1.29 is 20.1 Å². The number of hydrogen-bond acceptors (Lipinski definition) is 8. The summed E-state index contributed by atoms with van der Waals surface area (Å²) in [7, 11) is 0. The fourth-order valence-electron chi connectivity index (χ4n) is 2.55. The number of nitrogens with one attached hydrogen (secondary N) is 1. The Morgan fingerprint density at radius 3 is 2.75 bits per heavy atom. The van der Waals surface area contributed by atoms with Crippen LogP contribution in [0.25, 0.3) is 0 Å². The van der Waals surface area contributed by atoms with Crippen LogP contribution in [0.15, 0.2) is 17.1 Å². The summed E-state index contributed by atoms with van der Waals surface area (Å²) in [6.45, 7) is 2.72. The van der Waals surface area contributed by atoms with Crippen molar-refractivity contribution >= 4 is 5.84 Å². The van der Waals surface area contributed by atoms with E-state index in [4.69, 9.17) is 25.9 Å². The number of ether oxygens (including phenoxy) is 1. The molecule has 9 nitrogen and oxygen atoms in total. The lowest BCUT2D eigenvalue weighted by Gasteiger charge is -2.23. The Labute approximate surface area is 140 Å². The van der Waals surface area contributed by atoms with Crippen molar-refractivity contribution in [3.05, 3.63) is 23.5 Å². The molecule has 2 aliphatic rings. The molecule has 3 heterocycles. The lowest BCUT2D eigenvalue weighted by molar-refractivity contribution is -0.127. The number of rotatable bonds is 2. The number of aliphatic hydroxyl groups excluding tert-OH is 1. The Balaban J connectivity index is 0.000000368. The van der Waals surface area contributed by atoms with Gasteiger partial charge in [-0.2, -0.15) is 5.26 Å². The normalized spacial score (nSPS) is 25.7. The van der Waals surface area contributed by atoms with E-state index in [1.165, 1.54) is 13.8 Å². The number of aliphatic imine (C=N–C) groups is 1. The minimum Gasteiger partial charge on any atom is -0.392 e. The van der Waals surface area contributed by atoms with Gasteiger partial charge in [-0.15, -0.1) is 0 Å². The van der Waals surface area contributed by atoms with Crippen molar-refractivity contribution in [1.29, 1.82) is 5.26 Å². The van der Waals surface area contributed by atoms with Gasteiger partial charge in [0.2, 0.25) is 0 Å². The van der Waals surface area contributed by atoms with Crippen molar-refractivity contribution in [3.8, 4) is 6.07 Å². The Hall–Kier alpha value is -2.12. The third-order valence-corrected chi connectivity index (χ3v) is 3.62. The molecule has 24 heavy (non-hydrogen) atoms. The van der Waals surface area contributed by atoms with Gasteiger partial charge in [0.25, 0.3) is 0 Å². The number of aliphatic hydroxyl groups is 3. The van der Waals surface area contributed by atoms with Crippen LogP contribution in [0, 0.1) is 11.3 Å². The second kappa shape index (κ2) is 6.78. The van der Waals surface area contributed by atoms with Gasteiger partial charge in [-0.25, -0.2) is 4.99 Å². The quantitative estimate of drug-likeness (QED) is 0.458. The van der Waals surface area contributed by atoms with Gasteiger partial charge in [-0.05, 0) is 38.8 Å². The maximum atomic E-state index is 9.30. The SMILES string of the molecule is CC(C)(O)O.N#CC1(CO)CCC(c2ccc3n2NCN=C3N)O1. The van der Waals surface area contributed by atoms with Crippen LogP contribution in [-0.2, 0) is 4.74 Å². The van der Waals surface area contributed by atoms with E-state index in [1.807, 2.05) is 16.8 Å². The van der Waals surface area contributed by atoms with Crippen LogP contribution in [0.3, 0.4) is 0 Å². The fourth-order valence-corrected chi connectivity index (χ4v) is 2.55. The fraction of sp³-hybridized carbons (Fsp3) is 0.600. The molecule has 0 spiro atoms. The summed E-state index contributed by atoms with van der Waals surface area (Å²) in [5, 5.41) is 34.6. The Morgan fingerprint density at radius 2 is 2.21 bits per heavy atom. The van der Waals surface area contributed by atoms with E-state index < -0.39 is 11.4 Å². The highest BCUT2D eigenvalue weighted by Gasteiger charge is 2.42. The lowest BCUT2D eigenvalue weighted by Crippen LogP contribution is -2.33. The van der Waals surface area contributed by atoms with E-state index in [1.54, 1.807) is 0 Å². The molecule has 0 radical (unpaired) electrons. The first kappa shape index (κ1) is 18.2. The third kappa shape index (κ3) is 4.04. The van der Waals surface area contributed by atoms with Gasteiger partial charge < -0.3 is 31.2 Å². The van der Waals surface area contributed by atoms with E-state index in [0.29, 0.717) is 25.3 Å². The lowest BCUT2D eigenvalue weighted by atomic mass is 10.0. The van der Waals surface area contributed by atoms with Crippen molar-refractivity contribution in [2.75, 3.05) is 18.7 Å². The molecule has 0 saturated carbocycles. The highest BCUT2D eigenvalue weighted by molar-refractivity contribution is 5.96. The average molecular weight is 337 g/mol. The van der Waals surface area contributed by atoms with Crippen LogP contribution in [0.4, 0.5) is 0 Å². The topological polar surface area (TPSA) is 149 Å². The Morgan fingerprint density at radius 1 is 1.54 bits per heavy atom. The van der Waals surface area contributed by atoms with Crippen LogP contribution < -0.4 is 11.2 Å². The van der Waals surface area contributed by atoms with E-state index in [9.17, 15) is 5.11 Å². The molecule has 1 aromatic heterocycles. The molecule has 1 saturated heterocycles. The average Bonchev–Trinajstić information content (AvgIpc) is 3.10. The summed E-state index contributed by atoms with van der Waals surface area (Å²) >= 11 is 0. The molecule has 3 rings (SSSR count). The van der Waals surface area contributed by atoms with E-state index >= 15 is 0 Å². The Bertz CT molecular complexity index is 652. The van der Waals surface area contributed by atoms with Gasteiger partial charge in [0, 0.05) is 0 Å². The largest absolute Gasteiger partial charge is 0.392 e. The molecule has 9 heteroatoms. The van der Waals surface area contributed by atoms with Crippen molar-refractivity contribution in [3.63, 3.8) is 0 Å². The van der Waals surface area contributed by atoms with Gasteiger partial charge in [0.05, 0.1) is 12.3 Å². The molecule has 1 fully saturated rings. The molecular weight excluding hydrogens is 314 g/mol. The van der Waals surface area contributed by atoms with Gasteiger partial charge in [0.1, 0.15) is 30.4 Å². The summed E-state index contributed by atoms with van der Waals surface area (Å²) in [5.41, 5.74) is 9.54. The number of fused-ring (bicyclic) bond motifs is 1. The van der Waals surface area contributed by atoms with Crippen LogP contribution >= 0.6 is 0 Å². The standard InChI is InChI=1S/C12H15N5O2.C3H8O2/c13-5-12(6-18)4-3-10(19-12)8-1-2-9-11(14)15-7-16-17(8)9;1-3(2,4)5/h1-2,10,16,18H,3-4,6-7H2,(H2,14,15);4-5H,1-2H3. The molecule has 2 unspecified atom stereocenters. The number of nitrogens with two attached hydrogens (primary N) is 1. The van der Waals surface area contributed by atoms with Crippen molar-refractivity contribution in [2.45, 2.75) is 44.2 Å². The smallest absolute Gasteiger partial charge is 0.177 e. The van der Waals surface area contributed by atoms with Crippen LogP contribution in [0.1, 0.15) is 44.2 Å². The maximum absolute atomic E-state index is 9.30. The summed E-state index contributed by atoms with van der Waals surface area (Å²) in [6, 6.07) is 5.84. The molecule has 2 aliphatic heterocycles. The van der Waals surface area contributed by atoms with Gasteiger partial charge >= 0.3 is 0 Å². The summed E-state index contributed by atoms with van der Waals surface area (Å²) in [4.78, 5) is 4.10. The molecule has 0 amide bonds. The molecule has 1 aromatic rings. The number of nitriles is 1. The molecule has 132 valence electrons. The van der Waals surface area contributed by atoms with Crippen molar-refractivity contribution in [1.82, 2.24) is 4.68 Å². The number of hydrogen-bond donors (Lipinski definition) is 5. The number of aromatic nitrogens is 1. The minimum absolute atomic E-state index is 0.223. The molecule has 0 bridgehead atoms. The molecule has 6 N–H and O–H groups in total. The first-order valence-corrected chi connectivity index (χ1v) is 7.59. The minimum atomic E-state index is -1.50. The first-order valence-electron chi connectivity index (χ1n) is 7.59. The van der Waals surface area contributed by atoms with E-state index in [-0.39, 0.29) is 12.7 Å². The first-order chi connectivity index (χ1) is 11.2. The number of nitrogens with zero attached hydrogens (tertiary/aromatic N) is 3. The van der Waals surface area contributed by atoms with Crippen LogP contribution in [0.5, 0.6) is 0 Å². The molecule has 0 aromatic carbocycles. The van der Waals surface area contributed by atoms with Gasteiger partial charge in [0.15, 0.2) is 11.4 Å².